The number of thiocarbonyl (C=S) groups is 1. The van der Waals surface area contributed by atoms with Crippen LogP contribution in [0.3, 0.4) is 0 Å². The lowest BCUT2D eigenvalue weighted by atomic mass is 10.2. The topological polar surface area (TPSA) is 62.3 Å². The van der Waals surface area contributed by atoms with Crippen molar-refractivity contribution in [2.45, 2.75) is 13.5 Å². The van der Waals surface area contributed by atoms with Crippen molar-refractivity contribution in [3.63, 3.8) is 0 Å². The van der Waals surface area contributed by atoms with E-state index >= 15 is 0 Å². The van der Waals surface area contributed by atoms with Crippen LogP contribution in [0.25, 0.3) is 11.0 Å². The Hall–Kier alpha value is -1.82. The number of fused-ring (bicyclic) bond motifs is 1. The van der Waals surface area contributed by atoms with Gasteiger partial charge in [-0.1, -0.05) is 12.2 Å². The molecule has 0 aliphatic carbocycles. The summed E-state index contributed by atoms with van der Waals surface area (Å²) >= 11 is 4.95. The van der Waals surface area contributed by atoms with Gasteiger partial charge in [0.05, 0.1) is 36.8 Å². The van der Waals surface area contributed by atoms with Gasteiger partial charge in [-0.05, 0) is 6.92 Å². The fourth-order valence-electron chi connectivity index (χ4n) is 1.93. The minimum atomic E-state index is 0.423. The van der Waals surface area contributed by atoms with E-state index in [2.05, 4.69) is 4.98 Å². The fourth-order valence-corrected chi connectivity index (χ4v) is 2.06. The van der Waals surface area contributed by atoms with Crippen LogP contribution in [0.5, 0.6) is 11.5 Å². The second kappa shape index (κ2) is 4.81. The van der Waals surface area contributed by atoms with Crippen molar-refractivity contribution in [2.75, 3.05) is 14.2 Å². The van der Waals surface area contributed by atoms with Crippen molar-refractivity contribution < 1.29 is 9.47 Å². The Balaban J connectivity index is 2.66. The summed E-state index contributed by atoms with van der Waals surface area (Å²) in [6.45, 7) is 2.38. The van der Waals surface area contributed by atoms with Crippen LogP contribution in [0.4, 0.5) is 0 Å². The predicted molar refractivity (Wildman–Crippen MR) is 74.4 cm³/mol. The number of aryl methyl sites for hydroxylation is 1. The van der Waals surface area contributed by atoms with Crippen molar-refractivity contribution >= 4 is 28.2 Å². The zero-order chi connectivity index (χ0) is 13.3. The SMILES string of the molecule is COc1cc2nc(C)n(CC(N)=S)c2cc1OC. The van der Waals surface area contributed by atoms with E-state index in [1.165, 1.54) is 0 Å². The molecule has 0 saturated heterocycles. The molecule has 2 rings (SSSR count). The number of benzene rings is 1. The molecule has 0 unspecified atom stereocenters. The average molecular weight is 265 g/mol. The predicted octanol–water partition coefficient (Wildman–Crippen LogP) is 1.65. The van der Waals surface area contributed by atoms with Gasteiger partial charge in [-0.25, -0.2) is 4.98 Å². The third kappa shape index (κ3) is 2.11. The van der Waals surface area contributed by atoms with Gasteiger partial charge in [0.2, 0.25) is 0 Å². The molecule has 0 atom stereocenters. The lowest BCUT2D eigenvalue weighted by molar-refractivity contribution is 0.355. The number of methoxy groups -OCH3 is 2. The van der Waals surface area contributed by atoms with Crippen LogP contribution < -0.4 is 15.2 Å². The summed E-state index contributed by atoms with van der Waals surface area (Å²) in [5.74, 6) is 2.17. The van der Waals surface area contributed by atoms with Crippen molar-refractivity contribution in [2.24, 2.45) is 5.73 Å². The van der Waals surface area contributed by atoms with Crippen LogP contribution in [0.15, 0.2) is 12.1 Å². The van der Waals surface area contributed by atoms with Crippen LogP contribution in [-0.4, -0.2) is 28.8 Å². The maximum Gasteiger partial charge on any atom is 0.163 e. The lowest BCUT2D eigenvalue weighted by Gasteiger charge is -2.09. The third-order valence-corrected chi connectivity index (χ3v) is 2.89. The van der Waals surface area contributed by atoms with Crippen molar-refractivity contribution in [1.29, 1.82) is 0 Å². The number of nitrogens with two attached hydrogens (primary N) is 1. The molecule has 0 bridgehead atoms. The molecule has 1 aromatic heterocycles. The average Bonchev–Trinajstić information content (AvgIpc) is 2.63. The normalized spacial score (nSPS) is 10.6. The zero-order valence-electron chi connectivity index (χ0n) is 10.6. The van der Waals surface area contributed by atoms with Gasteiger partial charge in [-0.3, -0.25) is 0 Å². The van der Waals surface area contributed by atoms with E-state index in [9.17, 15) is 0 Å². The number of rotatable bonds is 4. The van der Waals surface area contributed by atoms with Gasteiger partial charge in [0.1, 0.15) is 5.82 Å². The summed E-state index contributed by atoms with van der Waals surface area (Å²) in [5, 5.41) is 0. The first-order valence-corrected chi connectivity index (χ1v) is 5.84. The molecule has 0 saturated carbocycles. The molecule has 96 valence electrons. The zero-order valence-corrected chi connectivity index (χ0v) is 11.4. The Labute approximate surface area is 111 Å². The van der Waals surface area contributed by atoms with Crippen LogP contribution in [0.2, 0.25) is 0 Å². The lowest BCUT2D eigenvalue weighted by Crippen LogP contribution is -2.17. The highest BCUT2D eigenvalue weighted by Gasteiger charge is 2.13. The summed E-state index contributed by atoms with van der Waals surface area (Å²) in [7, 11) is 3.20. The maximum atomic E-state index is 5.60. The smallest absolute Gasteiger partial charge is 0.163 e. The Morgan fingerprint density at radius 3 is 2.50 bits per heavy atom. The molecule has 0 fully saturated rings. The first-order valence-electron chi connectivity index (χ1n) is 5.44. The first-order chi connectivity index (χ1) is 8.56. The van der Waals surface area contributed by atoms with Crippen LogP contribution >= 0.6 is 12.2 Å². The summed E-state index contributed by atoms with van der Waals surface area (Å²) in [6, 6.07) is 3.73. The molecular weight excluding hydrogens is 250 g/mol. The Morgan fingerprint density at radius 2 is 1.94 bits per heavy atom. The molecule has 0 aliphatic heterocycles. The molecule has 2 aromatic rings. The molecular formula is C12H15N3O2S. The second-order valence-corrected chi connectivity index (χ2v) is 4.43. The summed E-state index contributed by atoms with van der Waals surface area (Å²) in [4.78, 5) is 4.89. The molecule has 0 aliphatic rings. The van der Waals surface area contributed by atoms with E-state index in [1.807, 2.05) is 23.6 Å². The highest BCUT2D eigenvalue weighted by Crippen LogP contribution is 2.32. The van der Waals surface area contributed by atoms with E-state index in [-0.39, 0.29) is 0 Å². The van der Waals surface area contributed by atoms with E-state index in [1.54, 1.807) is 14.2 Å². The van der Waals surface area contributed by atoms with Crippen molar-refractivity contribution in [3.05, 3.63) is 18.0 Å². The van der Waals surface area contributed by atoms with Gasteiger partial charge in [-0.15, -0.1) is 0 Å². The minimum Gasteiger partial charge on any atom is -0.493 e. The van der Waals surface area contributed by atoms with Gasteiger partial charge in [0.25, 0.3) is 0 Å². The molecule has 0 amide bonds. The Kier molecular flexibility index (Phi) is 3.38. The standard InChI is InChI=1S/C12H15N3O2S/c1-7-14-8-4-10(16-2)11(17-3)5-9(8)15(7)6-12(13)18/h4-5H,6H2,1-3H3,(H2,13,18). The summed E-state index contributed by atoms with van der Waals surface area (Å²) in [6.07, 6.45) is 0. The van der Waals surface area contributed by atoms with Gasteiger partial charge < -0.3 is 19.8 Å². The van der Waals surface area contributed by atoms with Crippen molar-refractivity contribution in [1.82, 2.24) is 9.55 Å². The molecule has 5 nitrogen and oxygen atoms in total. The number of ether oxygens (including phenoxy) is 2. The molecule has 18 heavy (non-hydrogen) atoms. The molecule has 0 radical (unpaired) electrons. The van der Waals surface area contributed by atoms with Crippen molar-refractivity contribution in [3.8, 4) is 11.5 Å². The van der Waals surface area contributed by atoms with Crippen LogP contribution in [-0.2, 0) is 6.54 Å². The van der Waals surface area contributed by atoms with E-state index in [0.29, 0.717) is 23.0 Å². The van der Waals surface area contributed by atoms with Gasteiger partial charge in [0, 0.05) is 12.1 Å². The number of imidazole rings is 1. The van der Waals surface area contributed by atoms with Gasteiger partial charge in [0.15, 0.2) is 11.5 Å². The maximum absolute atomic E-state index is 5.60. The number of hydrogen-bond acceptors (Lipinski definition) is 4. The van der Waals surface area contributed by atoms with E-state index in [0.717, 1.165) is 16.9 Å². The molecule has 2 N–H and O–H groups in total. The molecule has 1 aromatic carbocycles. The van der Waals surface area contributed by atoms with E-state index in [4.69, 9.17) is 27.4 Å². The molecule has 1 heterocycles. The second-order valence-electron chi connectivity index (χ2n) is 3.91. The molecule has 6 heteroatoms. The summed E-state index contributed by atoms with van der Waals surface area (Å²) < 4.78 is 12.5. The van der Waals surface area contributed by atoms with E-state index < -0.39 is 0 Å². The monoisotopic (exact) mass is 265 g/mol. The van der Waals surface area contributed by atoms with Crippen LogP contribution in [0, 0.1) is 6.92 Å². The number of aromatic nitrogens is 2. The number of nitrogens with zero attached hydrogens (tertiary/aromatic N) is 2. The van der Waals surface area contributed by atoms with Crippen LogP contribution in [0.1, 0.15) is 5.82 Å². The third-order valence-electron chi connectivity index (χ3n) is 2.76. The highest BCUT2D eigenvalue weighted by atomic mass is 32.1. The van der Waals surface area contributed by atoms with Gasteiger partial charge in [-0.2, -0.15) is 0 Å². The largest absolute Gasteiger partial charge is 0.493 e. The summed E-state index contributed by atoms with van der Waals surface area (Å²) in [5.41, 5.74) is 7.36. The highest BCUT2D eigenvalue weighted by molar-refractivity contribution is 7.80. The van der Waals surface area contributed by atoms with Gasteiger partial charge >= 0.3 is 0 Å². The fraction of sp³-hybridized carbons (Fsp3) is 0.333. The first kappa shape index (κ1) is 12.6. The Morgan fingerprint density at radius 1 is 1.33 bits per heavy atom. The quantitative estimate of drug-likeness (QED) is 0.852. The Bertz CT molecular complexity index is 607. The number of hydrogen-bond donors (Lipinski definition) is 1. The molecule has 0 spiro atoms. The minimum absolute atomic E-state index is 0.423.